The van der Waals surface area contributed by atoms with E-state index in [-0.39, 0.29) is 0 Å². The van der Waals surface area contributed by atoms with E-state index in [4.69, 9.17) is 0 Å². The zero-order chi connectivity index (χ0) is 10.1. The average Bonchev–Trinajstić information content (AvgIpc) is 2.20. The fraction of sp³-hybridized carbons (Fsp3) is 0.154. The van der Waals surface area contributed by atoms with Crippen molar-refractivity contribution in [3.8, 4) is 0 Å². The Morgan fingerprint density at radius 1 is 1.14 bits per heavy atom. The summed E-state index contributed by atoms with van der Waals surface area (Å²) in [6.07, 6.45) is 0.949. The summed E-state index contributed by atoms with van der Waals surface area (Å²) in [6, 6.07) is 10.1. The van der Waals surface area contributed by atoms with Gasteiger partial charge in [-0.1, -0.05) is 30.3 Å². The third-order valence-electron chi connectivity index (χ3n) is 2.74. The van der Waals surface area contributed by atoms with E-state index in [9.17, 15) is 4.79 Å². The predicted octanol–water partition coefficient (Wildman–Crippen LogP) is 3.27. The first kappa shape index (κ1) is 8.95. The summed E-state index contributed by atoms with van der Waals surface area (Å²) in [5, 5.41) is 2.18. The van der Waals surface area contributed by atoms with Gasteiger partial charge in [0.25, 0.3) is 0 Å². The van der Waals surface area contributed by atoms with Crippen LogP contribution in [0.5, 0.6) is 0 Å². The van der Waals surface area contributed by atoms with Crippen LogP contribution in [0.15, 0.2) is 30.3 Å². The Labute approximate surface area is 83.4 Å². The first-order chi connectivity index (χ1) is 6.74. The average molecular weight is 184 g/mol. The van der Waals surface area contributed by atoms with Gasteiger partial charge in [-0.25, -0.2) is 0 Å². The Hall–Kier alpha value is -1.63. The minimum Gasteiger partial charge on any atom is -0.298 e. The third-order valence-corrected chi connectivity index (χ3v) is 2.74. The van der Waals surface area contributed by atoms with Crippen LogP contribution in [-0.4, -0.2) is 6.29 Å². The molecule has 70 valence electrons. The van der Waals surface area contributed by atoms with Gasteiger partial charge >= 0.3 is 0 Å². The standard InChI is InChI=1S/C13H12O/c1-9-7-11-5-3-4-6-12(11)13(8-14)10(9)2/h3-8H,1-2H3. The fourth-order valence-electron chi connectivity index (χ4n) is 1.78. The van der Waals surface area contributed by atoms with Crippen LogP contribution in [0.25, 0.3) is 10.8 Å². The molecule has 0 heterocycles. The highest BCUT2D eigenvalue weighted by molar-refractivity contribution is 6.00. The molecule has 2 rings (SSSR count). The molecule has 0 aliphatic rings. The molecule has 0 radical (unpaired) electrons. The maximum atomic E-state index is 11.0. The van der Waals surface area contributed by atoms with Crippen molar-refractivity contribution >= 4 is 17.1 Å². The number of carbonyl (C=O) groups is 1. The lowest BCUT2D eigenvalue weighted by Crippen LogP contribution is -1.92. The van der Waals surface area contributed by atoms with Crippen LogP contribution in [0.4, 0.5) is 0 Å². The van der Waals surface area contributed by atoms with E-state index < -0.39 is 0 Å². The smallest absolute Gasteiger partial charge is 0.150 e. The van der Waals surface area contributed by atoms with Crippen LogP contribution < -0.4 is 0 Å². The maximum absolute atomic E-state index is 11.0. The summed E-state index contributed by atoms with van der Waals surface area (Å²) in [6.45, 7) is 4.03. The summed E-state index contributed by atoms with van der Waals surface area (Å²) in [5.41, 5.74) is 3.07. The summed E-state index contributed by atoms with van der Waals surface area (Å²) in [5.74, 6) is 0. The van der Waals surface area contributed by atoms with Gasteiger partial charge < -0.3 is 0 Å². The largest absolute Gasteiger partial charge is 0.298 e. The van der Waals surface area contributed by atoms with Gasteiger partial charge in [0, 0.05) is 5.56 Å². The Morgan fingerprint density at radius 3 is 2.57 bits per heavy atom. The number of hydrogen-bond donors (Lipinski definition) is 0. The Kier molecular flexibility index (Phi) is 2.08. The highest BCUT2D eigenvalue weighted by Gasteiger charge is 2.05. The minimum atomic E-state index is 0.820. The van der Waals surface area contributed by atoms with Crippen molar-refractivity contribution < 1.29 is 4.79 Å². The molecule has 2 aromatic rings. The normalized spacial score (nSPS) is 10.4. The predicted molar refractivity (Wildman–Crippen MR) is 58.8 cm³/mol. The van der Waals surface area contributed by atoms with E-state index in [1.165, 1.54) is 5.56 Å². The molecule has 0 saturated carbocycles. The molecule has 0 N–H and O–H groups in total. The molecule has 0 bridgehead atoms. The molecule has 0 aliphatic heterocycles. The van der Waals surface area contributed by atoms with E-state index in [1.807, 2.05) is 38.1 Å². The number of carbonyl (C=O) groups excluding carboxylic acids is 1. The second-order valence-corrected chi connectivity index (χ2v) is 3.57. The van der Waals surface area contributed by atoms with E-state index >= 15 is 0 Å². The summed E-state index contributed by atoms with van der Waals surface area (Å²) >= 11 is 0. The molecule has 0 aromatic heterocycles. The van der Waals surface area contributed by atoms with Crippen LogP contribution in [0.2, 0.25) is 0 Å². The second-order valence-electron chi connectivity index (χ2n) is 3.57. The fourth-order valence-corrected chi connectivity index (χ4v) is 1.78. The van der Waals surface area contributed by atoms with Gasteiger partial charge in [0.15, 0.2) is 6.29 Å². The Bertz CT molecular complexity index is 498. The molecule has 0 aliphatic carbocycles. The molecule has 0 amide bonds. The zero-order valence-corrected chi connectivity index (χ0v) is 8.37. The second kappa shape index (κ2) is 3.26. The Balaban J connectivity index is 2.96. The summed E-state index contributed by atoms with van der Waals surface area (Å²) in [4.78, 5) is 11.0. The summed E-state index contributed by atoms with van der Waals surface area (Å²) < 4.78 is 0. The van der Waals surface area contributed by atoms with Gasteiger partial charge in [-0.2, -0.15) is 0 Å². The van der Waals surface area contributed by atoms with Gasteiger partial charge in [0.2, 0.25) is 0 Å². The molecular formula is C13H12O. The van der Waals surface area contributed by atoms with Crippen LogP contribution in [-0.2, 0) is 0 Å². The topological polar surface area (TPSA) is 17.1 Å². The van der Waals surface area contributed by atoms with Crippen molar-refractivity contribution in [1.82, 2.24) is 0 Å². The van der Waals surface area contributed by atoms with Crippen LogP contribution in [0.3, 0.4) is 0 Å². The van der Waals surface area contributed by atoms with E-state index in [0.29, 0.717) is 0 Å². The van der Waals surface area contributed by atoms with Gasteiger partial charge in [0.05, 0.1) is 0 Å². The number of aryl methyl sites for hydroxylation is 1. The van der Waals surface area contributed by atoms with Crippen LogP contribution in [0, 0.1) is 13.8 Å². The number of rotatable bonds is 1. The molecule has 0 saturated heterocycles. The minimum absolute atomic E-state index is 0.820. The van der Waals surface area contributed by atoms with Crippen molar-refractivity contribution in [2.75, 3.05) is 0 Å². The maximum Gasteiger partial charge on any atom is 0.150 e. The molecule has 0 fully saturated rings. The quantitative estimate of drug-likeness (QED) is 0.622. The van der Waals surface area contributed by atoms with Gasteiger partial charge in [-0.3, -0.25) is 4.79 Å². The lowest BCUT2D eigenvalue weighted by Gasteiger charge is -2.07. The van der Waals surface area contributed by atoms with Crippen LogP contribution in [0.1, 0.15) is 21.5 Å². The monoisotopic (exact) mass is 184 g/mol. The van der Waals surface area contributed by atoms with Crippen LogP contribution >= 0.6 is 0 Å². The van der Waals surface area contributed by atoms with Crippen molar-refractivity contribution in [2.24, 2.45) is 0 Å². The van der Waals surface area contributed by atoms with Crippen molar-refractivity contribution in [1.29, 1.82) is 0 Å². The molecule has 1 heteroatoms. The summed E-state index contributed by atoms with van der Waals surface area (Å²) in [7, 11) is 0. The van der Waals surface area contributed by atoms with Crippen molar-refractivity contribution in [3.63, 3.8) is 0 Å². The lowest BCUT2D eigenvalue weighted by molar-refractivity contribution is 0.112. The van der Waals surface area contributed by atoms with E-state index in [0.717, 1.165) is 28.2 Å². The molecular weight excluding hydrogens is 172 g/mol. The van der Waals surface area contributed by atoms with E-state index in [2.05, 4.69) is 6.07 Å². The number of hydrogen-bond acceptors (Lipinski definition) is 1. The van der Waals surface area contributed by atoms with Crippen molar-refractivity contribution in [3.05, 3.63) is 47.0 Å². The zero-order valence-electron chi connectivity index (χ0n) is 8.37. The third kappa shape index (κ3) is 1.22. The van der Waals surface area contributed by atoms with Gasteiger partial charge in [-0.05, 0) is 35.7 Å². The molecule has 0 unspecified atom stereocenters. The first-order valence-corrected chi connectivity index (χ1v) is 4.68. The molecule has 1 nitrogen and oxygen atoms in total. The SMILES string of the molecule is Cc1cc2ccccc2c(C=O)c1C. The first-order valence-electron chi connectivity index (χ1n) is 4.68. The van der Waals surface area contributed by atoms with E-state index in [1.54, 1.807) is 0 Å². The highest BCUT2D eigenvalue weighted by atomic mass is 16.1. The Morgan fingerprint density at radius 2 is 1.86 bits per heavy atom. The lowest BCUT2D eigenvalue weighted by atomic mass is 9.96. The number of fused-ring (bicyclic) bond motifs is 1. The number of benzene rings is 2. The molecule has 0 atom stereocenters. The molecule has 0 spiro atoms. The van der Waals surface area contributed by atoms with Crippen molar-refractivity contribution in [2.45, 2.75) is 13.8 Å². The highest BCUT2D eigenvalue weighted by Crippen LogP contribution is 2.23. The molecule has 14 heavy (non-hydrogen) atoms. The molecule has 2 aromatic carbocycles. The van der Waals surface area contributed by atoms with Gasteiger partial charge in [-0.15, -0.1) is 0 Å². The number of aldehydes is 1. The van der Waals surface area contributed by atoms with Gasteiger partial charge in [0.1, 0.15) is 0 Å².